The first kappa shape index (κ1) is 46.0. The Balaban J connectivity index is 0.721. The largest absolute Gasteiger partial charge is 0.487 e. The number of benzene rings is 3. The maximum absolute atomic E-state index is 15.8. The summed E-state index contributed by atoms with van der Waals surface area (Å²) in [5, 5.41) is 2.45. The molecule has 0 spiro atoms. The quantitative estimate of drug-likeness (QED) is 0.0741. The molecule has 69 heavy (non-hydrogen) atoms. The lowest BCUT2D eigenvalue weighted by Crippen LogP contribution is -2.54. The van der Waals surface area contributed by atoms with Gasteiger partial charge in [0.2, 0.25) is 17.6 Å². The van der Waals surface area contributed by atoms with E-state index in [-0.39, 0.29) is 60.4 Å². The number of hydrogen-bond acceptors (Lipinski definition) is 11. The number of pyridine rings is 1. The van der Waals surface area contributed by atoms with Crippen LogP contribution in [0, 0.1) is 23.4 Å². The molecule has 6 heterocycles. The summed E-state index contributed by atoms with van der Waals surface area (Å²) < 4.78 is 94.3. The average molecular weight is 971 g/mol. The number of nitrogens with one attached hydrogen (secondary N) is 3. The van der Waals surface area contributed by atoms with Gasteiger partial charge in [-0.1, -0.05) is 12.1 Å². The van der Waals surface area contributed by atoms with Gasteiger partial charge in [0.05, 0.1) is 22.4 Å². The Kier molecular flexibility index (Phi) is 12.0. The van der Waals surface area contributed by atoms with E-state index in [1.165, 1.54) is 12.3 Å². The number of ether oxygens (including phenoxy) is 1. The Morgan fingerprint density at radius 2 is 1.62 bits per heavy atom. The number of rotatable bonds is 13. The number of alkyl halides is 1. The molecule has 360 valence electrons. The number of anilines is 2. The van der Waals surface area contributed by atoms with E-state index in [9.17, 15) is 36.8 Å². The number of halogens is 4. The minimum absolute atomic E-state index is 0.00255. The van der Waals surface area contributed by atoms with Crippen LogP contribution in [-0.4, -0.2) is 126 Å². The summed E-state index contributed by atoms with van der Waals surface area (Å²) in [5.74, 6) is -6.82. The van der Waals surface area contributed by atoms with Crippen LogP contribution in [0.3, 0.4) is 0 Å². The number of aromatic amines is 1. The molecule has 2 atom stereocenters. The number of amides is 4. The van der Waals surface area contributed by atoms with Crippen molar-refractivity contribution in [3.05, 3.63) is 107 Å². The number of aromatic nitrogens is 2. The molecular formula is C48H46F4N8O8S. The van der Waals surface area contributed by atoms with Crippen LogP contribution in [-0.2, 0) is 19.8 Å². The summed E-state index contributed by atoms with van der Waals surface area (Å²) >= 11 is 0. The number of hydrogen-bond donors (Lipinski definition) is 3. The topological polar surface area (TPSA) is 194 Å². The summed E-state index contributed by atoms with van der Waals surface area (Å²) in [6.45, 7) is 2.03. The minimum Gasteiger partial charge on any atom is -0.487 e. The predicted octanol–water partition coefficient (Wildman–Crippen LogP) is 5.74. The Labute approximate surface area is 393 Å². The first-order valence-electron chi connectivity index (χ1n) is 22.7. The lowest BCUT2D eigenvalue weighted by atomic mass is 9.86. The van der Waals surface area contributed by atoms with Crippen molar-refractivity contribution < 1.29 is 54.7 Å². The number of fused-ring (bicyclic) bond motifs is 2. The molecule has 1 unspecified atom stereocenters. The summed E-state index contributed by atoms with van der Waals surface area (Å²) in [5.41, 5.74) is 0.906. The van der Waals surface area contributed by atoms with Crippen molar-refractivity contribution in [1.29, 1.82) is 0 Å². The number of carbonyl (C=O) groups is 5. The molecule has 0 radical (unpaired) electrons. The van der Waals surface area contributed by atoms with Crippen LogP contribution in [0.1, 0.15) is 81.6 Å². The van der Waals surface area contributed by atoms with Crippen molar-refractivity contribution in [2.75, 3.05) is 49.4 Å². The molecule has 5 aliphatic rings. The van der Waals surface area contributed by atoms with Crippen LogP contribution < -0.4 is 19.7 Å². The molecule has 21 heteroatoms. The highest BCUT2D eigenvalue weighted by molar-refractivity contribution is 7.90. The van der Waals surface area contributed by atoms with Crippen LogP contribution >= 0.6 is 0 Å². The zero-order valence-corrected chi connectivity index (χ0v) is 38.0. The number of imide groups is 2. The zero-order chi connectivity index (χ0) is 48.5. The molecule has 1 aliphatic carbocycles. The van der Waals surface area contributed by atoms with Crippen molar-refractivity contribution in [1.82, 2.24) is 29.4 Å². The smallest absolute Gasteiger partial charge is 0.301 e. The molecule has 4 amide bonds. The van der Waals surface area contributed by atoms with Gasteiger partial charge in [-0.2, -0.15) is 12.7 Å². The minimum atomic E-state index is -4.37. The Bertz CT molecular complexity index is 3050. The van der Waals surface area contributed by atoms with E-state index in [0.29, 0.717) is 35.4 Å². The fourth-order valence-corrected chi connectivity index (χ4v) is 11.2. The number of ketones is 1. The Morgan fingerprint density at radius 1 is 0.899 bits per heavy atom. The maximum atomic E-state index is 15.8. The summed E-state index contributed by atoms with van der Waals surface area (Å²) in [6, 6.07) is 12.5. The van der Waals surface area contributed by atoms with Gasteiger partial charge in [-0.05, 0) is 86.7 Å². The molecule has 1 saturated carbocycles. The van der Waals surface area contributed by atoms with Crippen molar-refractivity contribution in [2.24, 2.45) is 5.92 Å². The average Bonchev–Trinajstić information content (AvgIpc) is 4.01. The molecule has 3 aromatic carbocycles. The van der Waals surface area contributed by atoms with Gasteiger partial charge in [-0.25, -0.2) is 22.5 Å². The van der Waals surface area contributed by atoms with E-state index in [2.05, 4.69) is 32.1 Å². The van der Waals surface area contributed by atoms with E-state index in [4.69, 9.17) is 4.74 Å². The Hall–Kier alpha value is -6.71. The molecule has 3 saturated heterocycles. The van der Waals surface area contributed by atoms with Gasteiger partial charge in [0, 0.05) is 92.6 Å². The molecule has 5 aromatic rings. The Morgan fingerprint density at radius 3 is 2.32 bits per heavy atom. The number of piperidine rings is 2. The van der Waals surface area contributed by atoms with Crippen LogP contribution in [0.25, 0.3) is 22.2 Å². The van der Waals surface area contributed by atoms with Crippen molar-refractivity contribution >= 4 is 62.0 Å². The monoisotopic (exact) mass is 970 g/mol. The van der Waals surface area contributed by atoms with Crippen LogP contribution in [0.15, 0.2) is 67.0 Å². The maximum Gasteiger partial charge on any atom is 0.301 e. The third kappa shape index (κ3) is 8.71. The lowest BCUT2D eigenvalue weighted by molar-refractivity contribution is -0.136. The fourth-order valence-electron chi connectivity index (χ4n) is 9.96. The van der Waals surface area contributed by atoms with E-state index in [0.717, 1.165) is 71.1 Å². The molecule has 4 fully saturated rings. The summed E-state index contributed by atoms with van der Waals surface area (Å²) in [7, 11) is -2.31. The van der Waals surface area contributed by atoms with Gasteiger partial charge in [0.1, 0.15) is 29.8 Å². The first-order chi connectivity index (χ1) is 33.0. The van der Waals surface area contributed by atoms with Crippen molar-refractivity contribution in [3.8, 4) is 16.9 Å². The van der Waals surface area contributed by atoms with E-state index < -0.39 is 87.1 Å². The van der Waals surface area contributed by atoms with Gasteiger partial charge >= 0.3 is 10.2 Å². The standard InChI is InChI=1S/C48H46F4N8O8S/c1-57(30-17-31(18-30)68-40-20-34-33(19-37(40)51)47(64)60(48(34)65)39-8-9-41(61)55-46(39)63)23-25-10-13-58(14-11-25)29-4-2-26(3-5-29)27-16-32-35(22-54-45(32)53-21-27)44(62)42-36(50)6-7-38(43(42)52)56-69(66,67)59-15-12-28(49)24-59/h2-7,16,19-22,25,28,30-31,39,56H,8-15,17-18,23-24H2,1H3,(H,53,54)(H,55,61,63)/t28-,30?,31?,39?/m1/s1. The van der Waals surface area contributed by atoms with Crippen LogP contribution in [0.5, 0.6) is 5.75 Å². The highest BCUT2D eigenvalue weighted by atomic mass is 32.2. The zero-order valence-electron chi connectivity index (χ0n) is 37.1. The number of H-pyrrole nitrogens is 1. The summed E-state index contributed by atoms with van der Waals surface area (Å²) in [6.07, 6.45) is 4.45. The molecule has 16 nitrogen and oxygen atoms in total. The van der Waals surface area contributed by atoms with E-state index in [1.54, 1.807) is 12.3 Å². The summed E-state index contributed by atoms with van der Waals surface area (Å²) in [4.78, 5) is 76.8. The molecule has 2 aromatic heterocycles. The third-order valence-corrected chi connectivity index (χ3v) is 15.5. The second-order valence-corrected chi connectivity index (χ2v) is 20.0. The van der Waals surface area contributed by atoms with E-state index in [1.807, 2.05) is 29.0 Å². The highest BCUT2D eigenvalue weighted by Crippen LogP contribution is 2.37. The van der Waals surface area contributed by atoms with Crippen molar-refractivity contribution in [2.45, 2.75) is 69.3 Å². The highest BCUT2D eigenvalue weighted by Gasteiger charge is 2.46. The first-order valence-corrected chi connectivity index (χ1v) is 24.2. The molecule has 3 N–H and O–H groups in total. The SMILES string of the molecule is CN(CC1CCN(c2ccc(-c3cnc4[nH]cc(C(=O)c5c(F)ccc(NS(=O)(=O)N6CC[C@@H](F)C6)c5F)c4c3)cc2)CC1)C1CC(Oc2cc3c(cc2F)C(=O)N(C2CCC(=O)NC2=O)C3=O)C1. The predicted molar refractivity (Wildman–Crippen MR) is 243 cm³/mol. The molecule has 0 bridgehead atoms. The molecule has 10 rings (SSSR count). The van der Waals surface area contributed by atoms with Crippen LogP contribution in [0.2, 0.25) is 0 Å². The normalized spacial score (nSPS) is 22.3. The molecule has 4 aliphatic heterocycles. The second kappa shape index (κ2) is 18.0. The third-order valence-electron chi connectivity index (χ3n) is 14.0. The number of carbonyl (C=O) groups excluding carboxylic acids is 5. The number of nitrogens with zero attached hydrogens (tertiary/aromatic N) is 5. The van der Waals surface area contributed by atoms with Crippen molar-refractivity contribution in [3.63, 3.8) is 0 Å². The van der Waals surface area contributed by atoms with Gasteiger partial charge < -0.3 is 19.5 Å². The molecular weight excluding hydrogens is 925 g/mol. The van der Waals surface area contributed by atoms with Gasteiger partial charge in [-0.3, -0.25) is 38.9 Å². The van der Waals surface area contributed by atoms with Crippen LogP contribution in [0.4, 0.5) is 28.9 Å². The van der Waals surface area contributed by atoms with Gasteiger partial charge in [-0.15, -0.1) is 0 Å². The second-order valence-electron chi connectivity index (χ2n) is 18.3. The van der Waals surface area contributed by atoms with Gasteiger partial charge in [0.15, 0.2) is 17.4 Å². The van der Waals surface area contributed by atoms with E-state index >= 15 is 13.2 Å². The fraction of sp³-hybridized carbons (Fsp3) is 0.375. The lowest BCUT2D eigenvalue weighted by Gasteiger charge is -2.43. The van der Waals surface area contributed by atoms with Gasteiger partial charge in [0.25, 0.3) is 11.8 Å².